The molecule has 0 unspecified atom stereocenters. The third-order valence-corrected chi connectivity index (χ3v) is 3.74. The Balaban J connectivity index is 2.07. The van der Waals surface area contributed by atoms with Crippen LogP contribution in [0.25, 0.3) is 0 Å². The van der Waals surface area contributed by atoms with Crippen molar-refractivity contribution in [2.45, 2.75) is 44.1 Å². The molecule has 0 radical (unpaired) electrons. The molecule has 0 saturated heterocycles. The predicted octanol–water partition coefficient (Wildman–Crippen LogP) is 1.53. The Morgan fingerprint density at radius 3 is 2.19 bits per heavy atom. The van der Waals surface area contributed by atoms with Crippen LogP contribution >= 0.6 is 0 Å². The topological polar surface area (TPSA) is 32.5 Å². The van der Waals surface area contributed by atoms with E-state index in [0.29, 0.717) is 0 Å². The number of hydrogen-bond donors (Lipinski definition) is 1. The van der Waals surface area contributed by atoms with Crippen molar-refractivity contribution in [3.05, 3.63) is 0 Å². The van der Waals surface area contributed by atoms with Crippen molar-refractivity contribution in [1.29, 1.82) is 0 Å². The number of nitrogens with two attached hydrogens (primary N) is 1. The van der Waals surface area contributed by atoms with Gasteiger partial charge in [-0.15, -0.1) is 0 Å². The van der Waals surface area contributed by atoms with Crippen LogP contribution in [0, 0.1) is 0 Å². The summed E-state index contributed by atoms with van der Waals surface area (Å²) in [7, 11) is 6.48. The van der Waals surface area contributed by atoms with Crippen molar-refractivity contribution >= 4 is 0 Å². The zero-order valence-corrected chi connectivity index (χ0v) is 11.3. The van der Waals surface area contributed by atoms with Gasteiger partial charge in [0.1, 0.15) is 0 Å². The zero-order valence-electron chi connectivity index (χ0n) is 11.3. The van der Waals surface area contributed by atoms with Crippen LogP contribution in [0.5, 0.6) is 0 Å². The molecule has 0 amide bonds. The van der Waals surface area contributed by atoms with E-state index in [0.717, 1.165) is 6.54 Å². The van der Waals surface area contributed by atoms with Gasteiger partial charge in [0.25, 0.3) is 0 Å². The fraction of sp³-hybridized carbons (Fsp3) is 1.00. The van der Waals surface area contributed by atoms with Gasteiger partial charge < -0.3 is 15.5 Å². The summed E-state index contributed by atoms with van der Waals surface area (Å²) in [5.41, 5.74) is 6.51. The third kappa shape index (κ3) is 5.28. The minimum Gasteiger partial charge on any atom is -0.325 e. The van der Waals surface area contributed by atoms with E-state index in [4.69, 9.17) is 5.73 Å². The van der Waals surface area contributed by atoms with E-state index in [9.17, 15) is 0 Å². The average molecular weight is 227 g/mol. The first-order valence-corrected chi connectivity index (χ1v) is 6.64. The van der Waals surface area contributed by atoms with Crippen molar-refractivity contribution in [1.82, 2.24) is 9.80 Å². The summed E-state index contributed by atoms with van der Waals surface area (Å²) in [4.78, 5) is 4.67. The normalized spacial score (nSPS) is 19.9. The molecule has 0 aromatic carbocycles. The highest BCUT2D eigenvalue weighted by molar-refractivity contribution is 4.89. The monoisotopic (exact) mass is 227 g/mol. The molecule has 0 aromatic heterocycles. The second kappa shape index (κ2) is 6.58. The van der Waals surface area contributed by atoms with E-state index in [-0.39, 0.29) is 5.54 Å². The largest absolute Gasteiger partial charge is 0.325 e. The maximum absolute atomic E-state index is 6.35. The first kappa shape index (κ1) is 13.9. The summed E-state index contributed by atoms with van der Waals surface area (Å²) in [5.74, 6) is 0. The quantitative estimate of drug-likeness (QED) is 0.716. The van der Waals surface area contributed by atoms with Crippen molar-refractivity contribution in [2.75, 3.05) is 40.8 Å². The molecule has 0 spiro atoms. The summed E-state index contributed by atoms with van der Waals surface area (Å²) in [5, 5.41) is 0. The lowest BCUT2D eigenvalue weighted by Gasteiger charge is -2.27. The van der Waals surface area contributed by atoms with Crippen molar-refractivity contribution in [3.63, 3.8) is 0 Å². The Morgan fingerprint density at radius 2 is 1.62 bits per heavy atom. The van der Waals surface area contributed by atoms with E-state index >= 15 is 0 Å². The molecule has 1 aliphatic rings. The fourth-order valence-corrected chi connectivity index (χ4v) is 2.51. The van der Waals surface area contributed by atoms with E-state index in [2.05, 4.69) is 30.9 Å². The molecule has 1 aliphatic carbocycles. The molecule has 96 valence electrons. The molecule has 1 rings (SSSR count). The van der Waals surface area contributed by atoms with Crippen LogP contribution in [0.2, 0.25) is 0 Å². The van der Waals surface area contributed by atoms with Gasteiger partial charge in [0.15, 0.2) is 0 Å². The minimum absolute atomic E-state index is 0.163. The molecule has 2 N–H and O–H groups in total. The van der Waals surface area contributed by atoms with E-state index in [1.54, 1.807) is 0 Å². The summed E-state index contributed by atoms with van der Waals surface area (Å²) >= 11 is 0. The standard InChI is InChI=1S/C13H29N3/c1-15(2)10-6-11-16(3)12-9-13(14)7-4-5-8-13/h4-12,14H2,1-3H3. The molecule has 0 heterocycles. The van der Waals surface area contributed by atoms with Crippen LogP contribution in [0.4, 0.5) is 0 Å². The van der Waals surface area contributed by atoms with Gasteiger partial charge in [-0.05, 0) is 66.5 Å². The highest BCUT2D eigenvalue weighted by atomic mass is 15.1. The summed E-state index contributed by atoms with van der Waals surface area (Å²) in [6.45, 7) is 3.52. The molecule has 0 bridgehead atoms. The summed E-state index contributed by atoms with van der Waals surface area (Å²) in [6.07, 6.45) is 7.56. The summed E-state index contributed by atoms with van der Waals surface area (Å²) in [6, 6.07) is 0. The van der Waals surface area contributed by atoms with Crippen LogP contribution in [-0.2, 0) is 0 Å². The third-order valence-electron chi connectivity index (χ3n) is 3.74. The van der Waals surface area contributed by atoms with Gasteiger partial charge in [-0.3, -0.25) is 0 Å². The Bertz CT molecular complexity index is 186. The van der Waals surface area contributed by atoms with Crippen molar-refractivity contribution in [3.8, 4) is 0 Å². The zero-order chi connectivity index (χ0) is 12.0. The van der Waals surface area contributed by atoms with E-state index in [1.807, 2.05) is 0 Å². The van der Waals surface area contributed by atoms with Crippen LogP contribution in [0.1, 0.15) is 38.5 Å². The number of nitrogens with zero attached hydrogens (tertiary/aromatic N) is 2. The smallest absolute Gasteiger partial charge is 0.0166 e. The molecule has 3 nitrogen and oxygen atoms in total. The number of hydrogen-bond acceptors (Lipinski definition) is 3. The maximum atomic E-state index is 6.35. The molecule has 0 aliphatic heterocycles. The highest BCUT2D eigenvalue weighted by Crippen LogP contribution is 2.29. The Kier molecular flexibility index (Phi) is 5.73. The van der Waals surface area contributed by atoms with Crippen molar-refractivity contribution in [2.24, 2.45) is 5.73 Å². The second-order valence-electron chi connectivity index (χ2n) is 5.78. The lowest BCUT2D eigenvalue weighted by molar-refractivity contribution is 0.264. The van der Waals surface area contributed by atoms with E-state index < -0.39 is 0 Å². The predicted molar refractivity (Wildman–Crippen MR) is 70.7 cm³/mol. The van der Waals surface area contributed by atoms with E-state index in [1.165, 1.54) is 51.6 Å². The second-order valence-corrected chi connectivity index (χ2v) is 5.78. The molecular formula is C13H29N3. The molecule has 1 fully saturated rings. The molecule has 1 saturated carbocycles. The Labute approximate surface area is 101 Å². The summed E-state index contributed by atoms with van der Waals surface area (Å²) < 4.78 is 0. The molecule has 0 atom stereocenters. The highest BCUT2D eigenvalue weighted by Gasteiger charge is 2.28. The van der Waals surface area contributed by atoms with Crippen molar-refractivity contribution < 1.29 is 0 Å². The SMILES string of the molecule is CN(C)CCCN(C)CCC1(N)CCCC1. The van der Waals surface area contributed by atoms with Gasteiger partial charge in [-0.1, -0.05) is 12.8 Å². The lowest BCUT2D eigenvalue weighted by Crippen LogP contribution is -2.40. The average Bonchev–Trinajstić information content (AvgIpc) is 2.62. The van der Waals surface area contributed by atoms with Gasteiger partial charge in [0.05, 0.1) is 0 Å². The van der Waals surface area contributed by atoms with Gasteiger partial charge in [-0.25, -0.2) is 0 Å². The van der Waals surface area contributed by atoms with Gasteiger partial charge >= 0.3 is 0 Å². The van der Waals surface area contributed by atoms with Crippen LogP contribution in [0.3, 0.4) is 0 Å². The molecule has 16 heavy (non-hydrogen) atoms. The van der Waals surface area contributed by atoms with Gasteiger partial charge in [-0.2, -0.15) is 0 Å². The fourth-order valence-electron chi connectivity index (χ4n) is 2.51. The Hall–Kier alpha value is -0.120. The molecule has 3 heteroatoms. The van der Waals surface area contributed by atoms with Crippen LogP contribution < -0.4 is 5.73 Å². The van der Waals surface area contributed by atoms with Crippen LogP contribution in [0.15, 0.2) is 0 Å². The number of rotatable bonds is 7. The Morgan fingerprint density at radius 1 is 1.00 bits per heavy atom. The van der Waals surface area contributed by atoms with Crippen LogP contribution in [-0.4, -0.2) is 56.1 Å². The first-order chi connectivity index (χ1) is 7.52. The van der Waals surface area contributed by atoms with Gasteiger partial charge in [0.2, 0.25) is 0 Å². The molecular weight excluding hydrogens is 198 g/mol. The first-order valence-electron chi connectivity index (χ1n) is 6.64. The minimum atomic E-state index is 0.163. The lowest BCUT2D eigenvalue weighted by atomic mass is 9.94. The van der Waals surface area contributed by atoms with Gasteiger partial charge in [0, 0.05) is 5.54 Å². The maximum Gasteiger partial charge on any atom is 0.0166 e. The molecule has 0 aromatic rings.